The van der Waals surface area contributed by atoms with Crippen LogP contribution in [0.4, 0.5) is 5.82 Å². The van der Waals surface area contributed by atoms with Crippen LogP contribution in [0.2, 0.25) is 0 Å². The van der Waals surface area contributed by atoms with E-state index >= 15 is 0 Å². The fourth-order valence-corrected chi connectivity index (χ4v) is 1.55. The molecule has 1 aromatic heterocycles. The van der Waals surface area contributed by atoms with Gasteiger partial charge in [0.1, 0.15) is 5.82 Å². The Morgan fingerprint density at radius 3 is 2.50 bits per heavy atom. The number of nitrogens with zero attached hydrogens (tertiary/aromatic N) is 1. The fourth-order valence-electron chi connectivity index (χ4n) is 0.862. The van der Waals surface area contributed by atoms with E-state index in [0.717, 1.165) is 0 Å². The third-order valence-corrected chi connectivity index (χ3v) is 2.16. The summed E-state index contributed by atoms with van der Waals surface area (Å²) in [6.07, 6.45) is 4.36. The molecule has 0 aromatic carbocycles. The first kappa shape index (κ1) is 10.6. The van der Waals surface area contributed by atoms with Crippen LogP contribution in [0.3, 0.4) is 0 Å². The summed E-state index contributed by atoms with van der Waals surface area (Å²) in [5.74, 6) is -0.608. The first-order valence-corrected chi connectivity index (χ1v) is 6.51. The lowest BCUT2D eigenvalue weighted by Gasteiger charge is -2.14. The molecule has 0 spiro atoms. The molecule has 0 amide bonds. The Hall–Kier alpha value is -1.43. The van der Waals surface area contributed by atoms with E-state index < -0.39 is 16.1 Å². The number of aromatic nitrogens is 1. The SMILES string of the molecule is C[SH](C)(=O)Nc1ccc(C(=O)O)cn1. The van der Waals surface area contributed by atoms with Gasteiger partial charge < -0.3 is 9.83 Å². The zero-order chi connectivity index (χ0) is 10.8. The minimum atomic E-state index is -2.39. The number of nitrogens with one attached hydrogen (secondary N) is 1. The molecule has 78 valence electrons. The van der Waals surface area contributed by atoms with Crippen LogP contribution in [0.1, 0.15) is 10.4 Å². The second-order valence-corrected chi connectivity index (χ2v) is 6.13. The van der Waals surface area contributed by atoms with Gasteiger partial charge in [0.15, 0.2) is 0 Å². The average molecular weight is 216 g/mol. The number of thiol groups is 1. The predicted octanol–water partition coefficient (Wildman–Crippen LogP) is 0.383. The molecule has 0 saturated heterocycles. The minimum Gasteiger partial charge on any atom is -0.478 e. The van der Waals surface area contributed by atoms with Crippen LogP contribution >= 0.6 is 0 Å². The quantitative estimate of drug-likeness (QED) is 0.638. The normalized spacial score (nSPS) is 12.1. The van der Waals surface area contributed by atoms with Crippen LogP contribution in [-0.2, 0) is 10.1 Å². The van der Waals surface area contributed by atoms with Gasteiger partial charge in [-0.3, -0.25) is 4.21 Å². The number of carboxylic acid groups (broad SMARTS) is 1. The molecule has 0 aliphatic rings. The molecule has 0 aliphatic carbocycles. The Balaban J connectivity index is 2.84. The highest BCUT2D eigenvalue weighted by Gasteiger charge is 2.04. The highest BCUT2D eigenvalue weighted by atomic mass is 32.3. The molecule has 1 rings (SSSR count). The molecule has 0 unspecified atom stereocenters. The summed E-state index contributed by atoms with van der Waals surface area (Å²) >= 11 is 0. The molecule has 2 N–H and O–H groups in total. The monoisotopic (exact) mass is 216 g/mol. The first-order valence-electron chi connectivity index (χ1n) is 3.91. The maximum atomic E-state index is 11.3. The molecule has 0 aliphatic heterocycles. The molecule has 1 heterocycles. The minimum absolute atomic E-state index is 0.109. The number of anilines is 1. The second kappa shape index (κ2) is 3.75. The summed E-state index contributed by atoms with van der Waals surface area (Å²) in [6, 6.07) is 2.90. The summed E-state index contributed by atoms with van der Waals surface area (Å²) < 4.78 is 14.0. The van der Waals surface area contributed by atoms with E-state index in [1.807, 2.05) is 0 Å². The zero-order valence-corrected chi connectivity index (χ0v) is 8.78. The molecule has 0 bridgehead atoms. The van der Waals surface area contributed by atoms with Gasteiger partial charge in [-0.2, -0.15) is 0 Å². The topological polar surface area (TPSA) is 79.3 Å². The Bertz CT molecular complexity index is 382. The summed E-state index contributed by atoms with van der Waals surface area (Å²) in [5.41, 5.74) is 0.109. The molecular formula is C8H12N2O3S. The van der Waals surface area contributed by atoms with Crippen molar-refractivity contribution in [3.05, 3.63) is 23.9 Å². The molecule has 6 heteroatoms. The summed E-state index contributed by atoms with van der Waals surface area (Å²) in [4.78, 5) is 14.3. The number of hydrogen-bond donors (Lipinski definition) is 3. The van der Waals surface area contributed by atoms with Crippen molar-refractivity contribution in [3.63, 3.8) is 0 Å². The van der Waals surface area contributed by atoms with Gasteiger partial charge in [0, 0.05) is 18.7 Å². The molecule has 0 saturated carbocycles. The molecule has 1 aromatic rings. The molecule has 5 nitrogen and oxygen atoms in total. The lowest BCUT2D eigenvalue weighted by molar-refractivity contribution is 0.0696. The van der Waals surface area contributed by atoms with Crippen molar-refractivity contribution in [2.45, 2.75) is 0 Å². The van der Waals surface area contributed by atoms with Crippen molar-refractivity contribution in [3.8, 4) is 0 Å². The molecule has 0 fully saturated rings. The van der Waals surface area contributed by atoms with Gasteiger partial charge in [0.25, 0.3) is 0 Å². The van der Waals surface area contributed by atoms with Crippen molar-refractivity contribution < 1.29 is 14.1 Å². The summed E-state index contributed by atoms with van der Waals surface area (Å²) in [5, 5.41) is 8.59. The van der Waals surface area contributed by atoms with E-state index in [2.05, 4.69) is 9.71 Å². The number of pyridine rings is 1. The third-order valence-electron chi connectivity index (χ3n) is 1.39. The summed E-state index contributed by atoms with van der Waals surface area (Å²) in [6.45, 7) is 0. The van der Waals surface area contributed by atoms with Crippen molar-refractivity contribution in [2.24, 2.45) is 0 Å². The maximum absolute atomic E-state index is 11.3. The first-order chi connectivity index (χ1) is 6.38. The lowest BCUT2D eigenvalue weighted by atomic mass is 10.3. The molecular weight excluding hydrogens is 204 g/mol. The zero-order valence-electron chi connectivity index (χ0n) is 7.89. The summed E-state index contributed by atoms with van der Waals surface area (Å²) in [7, 11) is -2.39. The number of carbonyl (C=O) groups is 1. The van der Waals surface area contributed by atoms with Crippen LogP contribution in [0.15, 0.2) is 18.3 Å². The van der Waals surface area contributed by atoms with Gasteiger partial charge in [-0.25, -0.2) is 9.78 Å². The number of rotatable bonds is 3. The number of carboxylic acids is 1. The van der Waals surface area contributed by atoms with Crippen molar-refractivity contribution in [1.82, 2.24) is 4.98 Å². The van der Waals surface area contributed by atoms with Crippen LogP contribution < -0.4 is 4.72 Å². The van der Waals surface area contributed by atoms with Crippen molar-refractivity contribution in [1.29, 1.82) is 0 Å². The van der Waals surface area contributed by atoms with E-state index in [-0.39, 0.29) is 5.56 Å². The Kier molecular flexibility index (Phi) is 2.85. The Morgan fingerprint density at radius 1 is 1.50 bits per heavy atom. The van der Waals surface area contributed by atoms with Gasteiger partial charge in [-0.15, -0.1) is 0 Å². The highest BCUT2D eigenvalue weighted by Crippen LogP contribution is 2.07. The fraction of sp³-hybridized carbons (Fsp3) is 0.250. The number of hydrogen-bond acceptors (Lipinski definition) is 3. The lowest BCUT2D eigenvalue weighted by Crippen LogP contribution is -2.18. The van der Waals surface area contributed by atoms with Crippen molar-refractivity contribution >= 4 is 21.9 Å². The number of aromatic carboxylic acids is 1. The van der Waals surface area contributed by atoms with E-state index in [4.69, 9.17) is 5.11 Å². The van der Waals surface area contributed by atoms with Gasteiger partial charge in [0.2, 0.25) is 0 Å². The third kappa shape index (κ3) is 3.14. The van der Waals surface area contributed by atoms with Gasteiger partial charge in [0.05, 0.1) is 5.56 Å². The van der Waals surface area contributed by atoms with E-state index in [1.165, 1.54) is 18.3 Å². The van der Waals surface area contributed by atoms with Crippen LogP contribution in [0, 0.1) is 0 Å². The van der Waals surface area contributed by atoms with E-state index in [9.17, 15) is 9.00 Å². The molecule has 14 heavy (non-hydrogen) atoms. The predicted molar refractivity (Wildman–Crippen MR) is 56.2 cm³/mol. The average Bonchev–Trinajstić information content (AvgIpc) is 2.02. The second-order valence-electron chi connectivity index (χ2n) is 3.20. The van der Waals surface area contributed by atoms with E-state index in [1.54, 1.807) is 12.5 Å². The highest BCUT2D eigenvalue weighted by molar-refractivity contribution is 8.02. The standard InChI is InChI=1S/C8H12N2O3S/c1-14(2,13)10-7-4-3-6(5-9-7)8(11)12/h3-5,14H,1-2H3,(H,11,12)(H,9,10,13). The Labute approximate surface area is 82.7 Å². The van der Waals surface area contributed by atoms with Gasteiger partial charge in [-0.05, 0) is 22.3 Å². The van der Waals surface area contributed by atoms with Gasteiger partial charge in [-0.1, -0.05) is 0 Å². The van der Waals surface area contributed by atoms with Gasteiger partial charge >= 0.3 is 5.97 Å². The smallest absolute Gasteiger partial charge is 0.337 e. The maximum Gasteiger partial charge on any atom is 0.337 e. The van der Waals surface area contributed by atoms with Crippen LogP contribution in [-0.4, -0.2) is 32.8 Å². The Morgan fingerprint density at radius 2 is 2.14 bits per heavy atom. The van der Waals surface area contributed by atoms with Crippen molar-refractivity contribution in [2.75, 3.05) is 17.2 Å². The van der Waals surface area contributed by atoms with Crippen LogP contribution in [0.25, 0.3) is 0 Å². The largest absolute Gasteiger partial charge is 0.478 e. The van der Waals surface area contributed by atoms with Crippen LogP contribution in [0.5, 0.6) is 0 Å². The molecule has 0 atom stereocenters. The molecule has 0 radical (unpaired) electrons. The van der Waals surface area contributed by atoms with E-state index in [0.29, 0.717) is 5.82 Å².